The van der Waals surface area contributed by atoms with Crippen molar-refractivity contribution in [1.29, 1.82) is 0 Å². The third-order valence-electron chi connectivity index (χ3n) is 4.20. The monoisotopic (exact) mass is 377 g/mol. The van der Waals surface area contributed by atoms with Crippen LogP contribution in [0.4, 0.5) is 15.8 Å². The maximum Gasteiger partial charge on any atom is 0.252 e. The topological polar surface area (TPSA) is 71.1 Å². The van der Waals surface area contributed by atoms with Gasteiger partial charge in [-0.3, -0.25) is 14.6 Å². The molecule has 0 aliphatic rings. The van der Waals surface area contributed by atoms with Crippen LogP contribution in [0.25, 0.3) is 0 Å². The van der Waals surface area contributed by atoms with Gasteiger partial charge in [-0.05, 0) is 43.2 Å². The Morgan fingerprint density at radius 3 is 2.54 bits per heavy atom. The average molecular weight is 377 g/mol. The fourth-order valence-electron chi connectivity index (χ4n) is 2.73. The van der Waals surface area contributed by atoms with E-state index in [1.165, 1.54) is 19.2 Å². The average Bonchev–Trinajstić information content (AvgIpc) is 2.70. The summed E-state index contributed by atoms with van der Waals surface area (Å²) in [5.41, 5.74) is 2.90. The van der Waals surface area contributed by atoms with Gasteiger partial charge in [0.2, 0.25) is 0 Å². The van der Waals surface area contributed by atoms with Gasteiger partial charge in [-0.25, -0.2) is 4.39 Å². The van der Waals surface area contributed by atoms with Crippen molar-refractivity contribution >= 4 is 23.1 Å². The molecule has 0 saturated carbocycles. The molecular formula is C22H20FN3O2. The molecule has 142 valence electrons. The number of halogens is 1. The van der Waals surface area contributed by atoms with Gasteiger partial charge in [0.05, 0.1) is 17.4 Å². The van der Waals surface area contributed by atoms with Crippen LogP contribution in [0.1, 0.15) is 33.2 Å². The lowest BCUT2D eigenvalue weighted by Gasteiger charge is -2.10. The highest BCUT2D eigenvalue weighted by molar-refractivity contribution is 5.96. The second-order valence-electron chi connectivity index (χ2n) is 6.32. The minimum atomic E-state index is -0.287. The van der Waals surface area contributed by atoms with Crippen molar-refractivity contribution in [3.8, 4) is 0 Å². The van der Waals surface area contributed by atoms with Gasteiger partial charge < -0.3 is 10.6 Å². The molecule has 0 radical (unpaired) electrons. The number of benzene rings is 2. The Labute approximate surface area is 162 Å². The van der Waals surface area contributed by atoms with Gasteiger partial charge in [0.1, 0.15) is 5.82 Å². The molecule has 0 aliphatic heterocycles. The number of carbonyl (C=O) groups is 2. The summed E-state index contributed by atoms with van der Waals surface area (Å²) in [6.07, 6.45) is 3.47. The van der Waals surface area contributed by atoms with Gasteiger partial charge in [-0.1, -0.05) is 30.3 Å². The Balaban J connectivity index is 1.62. The maximum absolute atomic E-state index is 13.6. The molecule has 0 spiro atoms. The van der Waals surface area contributed by atoms with E-state index in [1.807, 2.05) is 6.07 Å². The van der Waals surface area contributed by atoms with Gasteiger partial charge in [0.15, 0.2) is 5.78 Å². The zero-order chi connectivity index (χ0) is 19.9. The summed E-state index contributed by atoms with van der Waals surface area (Å²) in [6.45, 7) is 1.82. The predicted molar refractivity (Wildman–Crippen MR) is 106 cm³/mol. The van der Waals surface area contributed by atoms with Gasteiger partial charge >= 0.3 is 0 Å². The van der Waals surface area contributed by atoms with E-state index in [-0.39, 0.29) is 17.5 Å². The summed E-state index contributed by atoms with van der Waals surface area (Å²) in [5, 5.41) is 5.91. The molecular weight excluding hydrogens is 357 g/mol. The summed E-state index contributed by atoms with van der Waals surface area (Å²) in [4.78, 5) is 27.9. The molecule has 28 heavy (non-hydrogen) atoms. The number of nitrogens with zero attached hydrogens (tertiary/aromatic N) is 1. The molecule has 3 rings (SSSR count). The lowest BCUT2D eigenvalue weighted by atomic mass is 10.1. The molecule has 2 aromatic carbocycles. The molecule has 0 atom stereocenters. The molecule has 5 nitrogen and oxygen atoms in total. The molecule has 2 N–H and O–H groups in total. The van der Waals surface area contributed by atoms with Crippen LogP contribution >= 0.6 is 0 Å². The van der Waals surface area contributed by atoms with Crippen LogP contribution in [0.5, 0.6) is 0 Å². The first-order valence-electron chi connectivity index (χ1n) is 8.87. The summed E-state index contributed by atoms with van der Waals surface area (Å²) in [7, 11) is 0. The summed E-state index contributed by atoms with van der Waals surface area (Å²) in [5.74, 6) is -0.591. The molecule has 1 heterocycles. The number of carbonyl (C=O) groups excluding carboxylic acids is 2. The predicted octanol–water partition coefficient (Wildman–Crippen LogP) is 4.14. The number of ketones is 1. The van der Waals surface area contributed by atoms with E-state index in [1.54, 1.807) is 48.7 Å². The molecule has 0 unspecified atom stereocenters. The number of aromatic nitrogens is 1. The van der Waals surface area contributed by atoms with Gasteiger partial charge in [0, 0.05) is 24.0 Å². The quantitative estimate of drug-likeness (QED) is 0.607. The Morgan fingerprint density at radius 1 is 0.964 bits per heavy atom. The van der Waals surface area contributed by atoms with E-state index in [0.29, 0.717) is 35.3 Å². The summed E-state index contributed by atoms with van der Waals surface area (Å²) in [6, 6.07) is 15.3. The van der Waals surface area contributed by atoms with Crippen molar-refractivity contribution in [3.05, 3.63) is 89.5 Å². The van der Waals surface area contributed by atoms with Crippen molar-refractivity contribution in [3.63, 3.8) is 0 Å². The standard InChI is InChI=1S/C22H20FN3O2/c1-15(27)17-6-4-7-19(11-17)26-20-12-18(13-24-14-20)22(28)25-10-9-16-5-2-3-8-21(16)23/h2-8,11-14,26H,9-10H2,1H3,(H,25,28). The normalized spacial score (nSPS) is 10.4. The van der Waals surface area contributed by atoms with E-state index < -0.39 is 0 Å². The fourth-order valence-corrected chi connectivity index (χ4v) is 2.73. The molecule has 0 saturated heterocycles. The Kier molecular flexibility index (Phi) is 6.11. The second-order valence-corrected chi connectivity index (χ2v) is 6.32. The lowest BCUT2D eigenvalue weighted by molar-refractivity contribution is 0.0952. The Hall–Kier alpha value is -3.54. The number of Topliss-reactive ketones (excluding diaryl/α,β-unsaturated/α-hetero) is 1. The van der Waals surface area contributed by atoms with Crippen molar-refractivity contribution in [2.75, 3.05) is 11.9 Å². The highest BCUT2D eigenvalue weighted by atomic mass is 19.1. The first kappa shape index (κ1) is 19.2. The number of nitrogens with one attached hydrogen (secondary N) is 2. The minimum absolute atomic E-state index is 0.0234. The van der Waals surface area contributed by atoms with Crippen molar-refractivity contribution in [2.45, 2.75) is 13.3 Å². The van der Waals surface area contributed by atoms with Crippen molar-refractivity contribution in [1.82, 2.24) is 10.3 Å². The van der Waals surface area contributed by atoms with Crippen LogP contribution in [0.2, 0.25) is 0 Å². The third kappa shape index (κ3) is 5.01. The maximum atomic E-state index is 13.6. The highest BCUT2D eigenvalue weighted by Gasteiger charge is 2.08. The molecule has 0 aliphatic carbocycles. The smallest absolute Gasteiger partial charge is 0.252 e. The van der Waals surface area contributed by atoms with Crippen molar-refractivity contribution < 1.29 is 14.0 Å². The van der Waals surface area contributed by atoms with E-state index in [4.69, 9.17) is 0 Å². The van der Waals surface area contributed by atoms with E-state index >= 15 is 0 Å². The van der Waals surface area contributed by atoms with Crippen LogP contribution in [0.3, 0.4) is 0 Å². The van der Waals surface area contributed by atoms with E-state index in [0.717, 1.165) is 5.69 Å². The van der Waals surface area contributed by atoms with E-state index in [2.05, 4.69) is 15.6 Å². The number of hydrogen-bond donors (Lipinski definition) is 2. The molecule has 0 bridgehead atoms. The van der Waals surface area contributed by atoms with Crippen LogP contribution in [-0.2, 0) is 6.42 Å². The SMILES string of the molecule is CC(=O)c1cccc(Nc2cncc(C(=O)NCCc3ccccc3F)c2)c1. The Morgan fingerprint density at radius 2 is 1.75 bits per heavy atom. The number of amides is 1. The number of hydrogen-bond acceptors (Lipinski definition) is 4. The van der Waals surface area contributed by atoms with E-state index in [9.17, 15) is 14.0 Å². The first-order valence-corrected chi connectivity index (χ1v) is 8.87. The van der Waals surface area contributed by atoms with Crippen LogP contribution in [0, 0.1) is 5.82 Å². The van der Waals surface area contributed by atoms with Crippen LogP contribution in [-0.4, -0.2) is 23.2 Å². The van der Waals surface area contributed by atoms with Crippen LogP contribution < -0.4 is 10.6 Å². The van der Waals surface area contributed by atoms with Gasteiger partial charge in [0.25, 0.3) is 5.91 Å². The minimum Gasteiger partial charge on any atom is -0.354 e. The zero-order valence-electron chi connectivity index (χ0n) is 15.4. The highest BCUT2D eigenvalue weighted by Crippen LogP contribution is 2.18. The van der Waals surface area contributed by atoms with Crippen LogP contribution in [0.15, 0.2) is 67.0 Å². The fraction of sp³-hybridized carbons (Fsp3) is 0.136. The molecule has 3 aromatic rings. The Bertz CT molecular complexity index is 1000. The first-order chi connectivity index (χ1) is 13.5. The molecule has 6 heteroatoms. The van der Waals surface area contributed by atoms with Gasteiger partial charge in [-0.2, -0.15) is 0 Å². The molecule has 1 amide bonds. The molecule has 1 aromatic heterocycles. The largest absolute Gasteiger partial charge is 0.354 e. The zero-order valence-corrected chi connectivity index (χ0v) is 15.4. The third-order valence-corrected chi connectivity index (χ3v) is 4.20. The molecule has 0 fully saturated rings. The van der Waals surface area contributed by atoms with Crippen molar-refractivity contribution in [2.24, 2.45) is 0 Å². The lowest BCUT2D eigenvalue weighted by Crippen LogP contribution is -2.26. The summed E-state index contributed by atoms with van der Waals surface area (Å²) >= 11 is 0. The summed E-state index contributed by atoms with van der Waals surface area (Å²) < 4.78 is 13.6. The number of anilines is 2. The number of pyridine rings is 1. The number of rotatable bonds is 7. The second kappa shape index (κ2) is 8.90. The van der Waals surface area contributed by atoms with Gasteiger partial charge in [-0.15, -0.1) is 0 Å².